The third kappa shape index (κ3) is 1.68. The molecule has 0 heterocycles. The number of hydrogen-bond donors (Lipinski definition) is 3. The molecule has 1 aromatic carbocycles. The molecule has 4 nitrogen and oxygen atoms in total. The zero-order valence-electron chi connectivity index (χ0n) is 5.61. The molecule has 0 saturated heterocycles. The molecule has 3 N–H and O–H groups in total. The van der Waals surface area contributed by atoms with Crippen LogP contribution in [0, 0.1) is 0 Å². The Balaban J connectivity index is 2.91. The van der Waals surface area contributed by atoms with Crippen molar-refractivity contribution >= 4 is 11.7 Å². The Morgan fingerprint density at radius 2 is 1.82 bits per heavy atom. The van der Waals surface area contributed by atoms with Gasteiger partial charge in [-0.15, -0.1) is 0 Å². The monoisotopic (exact) mass is 153 g/mol. The molecule has 0 aliphatic heterocycles. The molecule has 0 saturated carbocycles. The summed E-state index contributed by atoms with van der Waals surface area (Å²) < 4.78 is 0. The van der Waals surface area contributed by atoms with Gasteiger partial charge in [-0.05, 0) is 24.3 Å². The van der Waals surface area contributed by atoms with Crippen molar-refractivity contribution in [3.63, 3.8) is 0 Å². The van der Waals surface area contributed by atoms with Crippen LogP contribution in [0.1, 0.15) is 10.4 Å². The van der Waals surface area contributed by atoms with Gasteiger partial charge in [0.25, 0.3) is 0 Å². The van der Waals surface area contributed by atoms with Gasteiger partial charge < -0.3 is 5.11 Å². The standard InChI is InChI=1S/C7H7NO3/c9-7(10)5-1-3-6(8-11)4-2-5/h1-4,8,11H,(H,9,10). The molecule has 11 heavy (non-hydrogen) atoms. The van der Waals surface area contributed by atoms with Crippen LogP contribution >= 0.6 is 0 Å². The number of carboxylic acids is 1. The average molecular weight is 153 g/mol. The number of carboxylic acid groups (broad SMARTS) is 1. The van der Waals surface area contributed by atoms with E-state index in [1.54, 1.807) is 0 Å². The van der Waals surface area contributed by atoms with Crippen molar-refractivity contribution in [2.75, 3.05) is 5.48 Å². The van der Waals surface area contributed by atoms with E-state index < -0.39 is 5.97 Å². The molecule has 1 rings (SSSR count). The maximum absolute atomic E-state index is 10.3. The van der Waals surface area contributed by atoms with Crippen LogP contribution in [-0.4, -0.2) is 16.3 Å². The highest BCUT2D eigenvalue weighted by Crippen LogP contribution is 2.07. The smallest absolute Gasteiger partial charge is 0.335 e. The highest BCUT2D eigenvalue weighted by molar-refractivity contribution is 5.87. The largest absolute Gasteiger partial charge is 0.478 e. The van der Waals surface area contributed by atoms with Crippen LogP contribution < -0.4 is 5.48 Å². The first-order chi connectivity index (χ1) is 5.24. The van der Waals surface area contributed by atoms with Gasteiger partial charge in [-0.3, -0.25) is 10.7 Å². The minimum Gasteiger partial charge on any atom is -0.478 e. The van der Waals surface area contributed by atoms with Crippen LogP contribution in [-0.2, 0) is 0 Å². The van der Waals surface area contributed by atoms with Crippen molar-refractivity contribution in [3.8, 4) is 0 Å². The van der Waals surface area contributed by atoms with E-state index in [-0.39, 0.29) is 5.56 Å². The number of aromatic carboxylic acids is 1. The molecule has 0 atom stereocenters. The Morgan fingerprint density at radius 3 is 2.18 bits per heavy atom. The summed E-state index contributed by atoms with van der Waals surface area (Å²) in [7, 11) is 0. The second kappa shape index (κ2) is 3.03. The van der Waals surface area contributed by atoms with E-state index in [4.69, 9.17) is 10.3 Å². The third-order valence-electron chi connectivity index (χ3n) is 1.26. The van der Waals surface area contributed by atoms with E-state index in [9.17, 15) is 4.79 Å². The summed E-state index contributed by atoms with van der Waals surface area (Å²) in [6.07, 6.45) is 0. The van der Waals surface area contributed by atoms with Crippen LogP contribution in [0.5, 0.6) is 0 Å². The summed E-state index contributed by atoms with van der Waals surface area (Å²) >= 11 is 0. The molecule has 58 valence electrons. The third-order valence-corrected chi connectivity index (χ3v) is 1.26. The Morgan fingerprint density at radius 1 is 1.27 bits per heavy atom. The maximum Gasteiger partial charge on any atom is 0.335 e. The highest BCUT2D eigenvalue weighted by atomic mass is 16.5. The van der Waals surface area contributed by atoms with E-state index in [1.165, 1.54) is 24.3 Å². The fourth-order valence-electron chi connectivity index (χ4n) is 0.687. The summed E-state index contributed by atoms with van der Waals surface area (Å²) in [5, 5.41) is 16.8. The molecule has 0 fully saturated rings. The van der Waals surface area contributed by atoms with Gasteiger partial charge in [0.1, 0.15) is 0 Å². The van der Waals surface area contributed by atoms with E-state index in [0.717, 1.165) is 0 Å². The summed E-state index contributed by atoms with van der Waals surface area (Å²) in [6.45, 7) is 0. The van der Waals surface area contributed by atoms with Crippen LogP contribution in [0.4, 0.5) is 5.69 Å². The lowest BCUT2D eigenvalue weighted by Gasteiger charge is -1.97. The fourth-order valence-corrected chi connectivity index (χ4v) is 0.687. The fraction of sp³-hybridized carbons (Fsp3) is 0. The quantitative estimate of drug-likeness (QED) is 0.558. The highest BCUT2D eigenvalue weighted by Gasteiger charge is 1.99. The Hall–Kier alpha value is -1.55. The lowest BCUT2D eigenvalue weighted by molar-refractivity contribution is 0.0697. The topological polar surface area (TPSA) is 69.6 Å². The van der Waals surface area contributed by atoms with Crippen LogP contribution in [0.25, 0.3) is 0 Å². The van der Waals surface area contributed by atoms with E-state index in [2.05, 4.69) is 0 Å². The molecule has 0 amide bonds. The normalized spacial score (nSPS) is 9.18. The first-order valence-corrected chi connectivity index (χ1v) is 2.97. The van der Waals surface area contributed by atoms with Gasteiger partial charge in [0.05, 0.1) is 11.3 Å². The number of benzene rings is 1. The number of hydrogen-bond acceptors (Lipinski definition) is 3. The predicted molar refractivity (Wildman–Crippen MR) is 38.8 cm³/mol. The second-order valence-corrected chi connectivity index (χ2v) is 1.99. The summed E-state index contributed by atoms with van der Waals surface area (Å²) in [5.74, 6) is -0.977. The van der Waals surface area contributed by atoms with Crippen LogP contribution in [0.15, 0.2) is 24.3 Å². The molecule has 0 radical (unpaired) electrons. The molecule has 0 aliphatic rings. The van der Waals surface area contributed by atoms with Crippen molar-refractivity contribution in [2.24, 2.45) is 0 Å². The molecule has 4 heteroatoms. The maximum atomic E-state index is 10.3. The minimum absolute atomic E-state index is 0.198. The summed E-state index contributed by atoms with van der Waals surface area (Å²) in [4.78, 5) is 10.3. The molecule has 0 bridgehead atoms. The van der Waals surface area contributed by atoms with Crippen LogP contribution in [0.3, 0.4) is 0 Å². The number of anilines is 1. The van der Waals surface area contributed by atoms with Gasteiger partial charge in [-0.2, -0.15) is 0 Å². The summed E-state index contributed by atoms with van der Waals surface area (Å²) in [6, 6.07) is 5.76. The van der Waals surface area contributed by atoms with Gasteiger partial charge in [0.15, 0.2) is 0 Å². The van der Waals surface area contributed by atoms with E-state index >= 15 is 0 Å². The first kappa shape index (κ1) is 7.56. The van der Waals surface area contributed by atoms with Gasteiger partial charge in [0, 0.05) is 0 Å². The van der Waals surface area contributed by atoms with Crippen molar-refractivity contribution in [2.45, 2.75) is 0 Å². The molecule has 0 unspecified atom stereocenters. The van der Waals surface area contributed by atoms with Crippen molar-refractivity contribution in [3.05, 3.63) is 29.8 Å². The van der Waals surface area contributed by atoms with Crippen molar-refractivity contribution in [1.29, 1.82) is 0 Å². The molecule has 1 aromatic rings. The molecule has 0 aromatic heterocycles. The van der Waals surface area contributed by atoms with Gasteiger partial charge in [0.2, 0.25) is 0 Å². The Kier molecular flexibility index (Phi) is 2.08. The van der Waals surface area contributed by atoms with Gasteiger partial charge in [-0.1, -0.05) is 0 Å². The molecular weight excluding hydrogens is 146 g/mol. The van der Waals surface area contributed by atoms with Gasteiger partial charge in [-0.25, -0.2) is 4.79 Å². The Bertz CT molecular complexity index is 255. The average Bonchev–Trinajstić information content (AvgIpc) is 2.05. The second-order valence-electron chi connectivity index (χ2n) is 1.99. The van der Waals surface area contributed by atoms with Crippen LogP contribution in [0.2, 0.25) is 0 Å². The van der Waals surface area contributed by atoms with Crippen molar-refractivity contribution < 1.29 is 15.1 Å². The minimum atomic E-state index is -0.977. The zero-order valence-corrected chi connectivity index (χ0v) is 5.61. The predicted octanol–water partition coefficient (Wildman–Crippen LogP) is 1.19. The lowest BCUT2D eigenvalue weighted by atomic mass is 10.2. The van der Waals surface area contributed by atoms with E-state index in [1.807, 2.05) is 5.48 Å². The van der Waals surface area contributed by atoms with Crippen molar-refractivity contribution in [1.82, 2.24) is 0 Å². The number of nitrogens with one attached hydrogen (secondary N) is 1. The first-order valence-electron chi connectivity index (χ1n) is 2.97. The Labute approximate surface area is 63.1 Å². The van der Waals surface area contributed by atoms with Gasteiger partial charge >= 0.3 is 5.97 Å². The SMILES string of the molecule is O=C(O)c1ccc(NO)cc1. The molecular formula is C7H7NO3. The number of carbonyl (C=O) groups is 1. The number of rotatable bonds is 2. The zero-order chi connectivity index (χ0) is 8.27. The molecule has 0 aliphatic carbocycles. The molecule has 0 spiro atoms. The summed E-state index contributed by atoms with van der Waals surface area (Å²) in [5.41, 5.74) is 2.57. The van der Waals surface area contributed by atoms with E-state index in [0.29, 0.717) is 5.69 Å². The lowest BCUT2D eigenvalue weighted by Crippen LogP contribution is -1.96.